The van der Waals surface area contributed by atoms with E-state index in [9.17, 15) is 4.79 Å². The van der Waals surface area contributed by atoms with Crippen molar-refractivity contribution in [2.75, 3.05) is 11.9 Å². The van der Waals surface area contributed by atoms with Crippen LogP contribution in [0.25, 0.3) is 0 Å². The third-order valence-corrected chi connectivity index (χ3v) is 3.22. The van der Waals surface area contributed by atoms with Gasteiger partial charge in [-0.05, 0) is 39.5 Å². The van der Waals surface area contributed by atoms with Gasteiger partial charge in [0.1, 0.15) is 12.1 Å². The maximum Gasteiger partial charge on any atom is 0.221 e. The molecule has 0 aromatic carbocycles. The van der Waals surface area contributed by atoms with Crippen LogP contribution in [-0.2, 0) is 17.6 Å². The Labute approximate surface area is 114 Å². The fourth-order valence-corrected chi connectivity index (χ4v) is 2.36. The maximum atomic E-state index is 11.5. The van der Waals surface area contributed by atoms with Gasteiger partial charge in [-0.15, -0.1) is 0 Å². The van der Waals surface area contributed by atoms with Crippen LogP contribution in [0.1, 0.15) is 44.4 Å². The quantitative estimate of drug-likeness (QED) is 0.847. The highest BCUT2D eigenvalue weighted by Gasteiger charge is 2.15. The molecular formula is C14H22N4O. The summed E-state index contributed by atoms with van der Waals surface area (Å²) in [4.78, 5) is 20.2. The zero-order valence-corrected chi connectivity index (χ0v) is 11.7. The Morgan fingerprint density at radius 2 is 2.11 bits per heavy atom. The van der Waals surface area contributed by atoms with Crippen molar-refractivity contribution in [1.82, 2.24) is 15.3 Å². The lowest BCUT2D eigenvalue weighted by atomic mass is 9.96. The molecule has 1 aromatic rings. The van der Waals surface area contributed by atoms with Gasteiger partial charge in [0.15, 0.2) is 0 Å². The molecule has 1 heterocycles. The van der Waals surface area contributed by atoms with Crippen molar-refractivity contribution in [2.45, 2.75) is 52.0 Å². The van der Waals surface area contributed by atoms with Gasteiger partial charge in [-0.1, -0.05) is 0 Å². The van der Waals surface area contributed by atoms with Crippen molar-refractivity contribution in [2.24, 2.45) is 0 Å². The number of fused-ring (bicyclic) bond motifs is 1. The van der Waals surface area contributed by atoms with Crippen molar-refractivity contribution >= 4 is 11.7 Å². The van der Waals surface area contributed by atoms with Crippen LogP contribution in [0.15, 0.2) is 6.33 Å². The van der Waals surface area contributed by atoms with Crippen molar-refractivity contribution in [1.29, 1.82) is 0 Å². The van der Waals surface area contributed by atoms with E-state index >= 15 is 0 Å². The fourth-order valence-electron chi connectivity index (χ4n) is 2.36. The largest absolute Gasteiger partial charge is 0.369 e. The molecule has 104 valence electrons. The van der Waals surface area contributed by atoms with Gasteiger partial charge in [0.05, 0.1) is 0 Å². The summed E-state index contributed by atoms with van der Waals surface area (Å²) in [7, 11) is 0. The van der Waals surface area contributed by atoms with Gasteiger partial charge in [-0.2, -0.15) is 0 Å². The first-order chi connectivity index (χ1) is 9.16. The Hall–Kier alpha value is -1.65. The predicted molar refractivity (Wildman–Crippen MR) is 75.1 cm³/mol. The summed E-state index contributed by atoms with van der Waals surface area (Å²) in [5.41, 5.74) is 2.40. The molecule has 2 rings (SSSR count). The van der Waals surface area contributed by atoms with Crippen LogP contribution >= 0.6 is 0 Å². The van der Waals surface area contributed by atoms with Crippen molar-refractivity contribution in [3.05, 3.63) is 17.6 Å². The van der Waals surface area contributed by atoms with E-state index in [1.165, 1.54) is 18.4 Å². The summed E-state index contributed by atoms with van der Waals surface area (Å²) >= 11 is 0. The smallest absolute Gasteiger partial charge is 0.221 e. The lowest BCUT2D eigenvalue weighted by molar-refractivity contribution is -0.121. The Balaban J connectivity index is 1.88. The Kier molecular flexibility index (Phi) is 4.71. The van der Waals surface area contributed by atoms with E-state index < -0.39 is 0 Å². The van der Waals surface area contributed by atoms with Gasteiger partial charge in [-0.3, -0.25) is 4.79 Å². The number of rotatable bonds is 5. The van der Waals surface area contributed by atoms with Crippen molar-refractivity contribution in [3.63, 3.8) is 0 Å². The summed E-state index contributed by atoms with van der Waals surface area (Å²) < 4.78 is 0. The molecule has 2 N–H and O–H groups in total. The molecule has 0 saturated carbocycles. The van der Waals surface area contributed by atoms with Gasteiger partial charge >= 0.3 is 0 Å². The van der Waals surface area contributed by atoms with E-state index in [0.29, 0.717) is 13.0 Å². The minimum atomic E-state index is 0.0745. The Morgan fingerprint density at radius 1 is 1.32 bits per heavy atom. The number of anilines is 1. The maximum absolute atomic E-state index is 11.5. The third kappa shape index (κ3) is 3.91. The van der Waals surface area contributed by atoms with Crippen LogP contribution in [0.4, 0.5) is 5.82 Å². The highest BCUT2D eigenvalue weighted by molar-refractivity contribution is 5.76. The van der Waals surface area contributed by atoms with Crippen molar-refractivity contribution in [3.8, 4) is 0 Å². The highest BCUT2D eigenvalue weighted by Crippen LogP contribution is 2.24. The van der Waals surface area contributed by atoms with Gasteiger partial charge in [0, 0.05) is 30.3 Å². The van der Waals surface area contributed by atoms with Gasteiger partial charge in [-0.25, -0.2) is 9.97 Å². The second-order valence-electron chi connectivity index (χ2n) is 5.25. The monoisotopic (exact) mass is 262 g/mol. The lowest BCUT2D eigenvalue weighted by Gasteiger charge is -2.18. The van der Waals surface area contributed by atoms with Crippen molar-refractivity contribution < 1.29 is 4.79 Å². The topological polar surface area (TPSA) is 66.9 Å². The molecule has 5 heteroatoms. The summed E-state index contributed by atoms with van der Waals surface area (Å²) in [6.45, 7) is 4.54. The standard InChI is InChI=1S/C14H22N4O/c1-10(2)18-13(19)7-8-15-14-11-5-3-4-6-12(11)16-9-17-14/h9-10H,3-8H2,1-2H3,(H,18,19)(H,15,16,17). The van der Waals surface area contributed by atoms with E-state index in [2.05, 4.69) is 20.6 Å². The zero-order chi connectivity index (χ0) is 13.7. The molecule has 1 aromatic heterocycles. The molecule has 0 saturated heterocycles. The molecule has 0 fully saturated rings. The van der Waals surface area contributed by atoms with Crippen LogP contribution in [0.3, 0.4) is 0 Å². The fraction of sp³-hybridized carbons (Fsp3) is 0.643. The number of carbonyl (C=O) groups excluding carboxylic acids is 1. The normalized spacial score (nSPS) is 14.1. The van der Waals surface area contributed by atoms with E-state index in [1.807, 2.05) is 13.8 Å². The van der Waals surface area contributed by atoms with Gasteiger partial charge in [0.25, 0.3) is 0 Å². The molecule has 0 aliphatic heterocycles. The minimum Gasteiger partial charge on any atom is -0.369 e. The number of aryl methyl sites for hydroxylation is 1. The number of amides is 1. The number of nitrogens with zero attached hydrogens (tertiary/aromatic N) is 2. The third-order valence-electron chi connectivity index (χ3n) is 3.22. The molecule has 0 radical (unpaired) electrons. The zero-order valence-electron chi connectivity index (χ0n) is 11.7. The number of nitrogens with one attached hydrogen (secondary N) is 2. The summed E-state index contributed by atoms with van der Waals surface area (Å²) in [6, 6.07) is 0.194. The van der Waals surface area contributed by atoms with Crippen LogP contribution in [0.2, 0.25) is 0 Å². The molecule has 0 atom stereocenters. The lowest BCUT2D eigenvalue weighted by Crippen LogP contribution is -2.31. The molecule has 0 bridgehead atoms. The molecule has 1 aliphatic carbocycles. The second kappa shape index (κ2) is 6.50. The number of aromatic nitrogens is 2. The summed E-state index contributed by atoms with van der Waals surface area (Å²) in [6.07, 6.45) is 6.57. The molecule has 1 amide bonds. The number of hydrogen-bond acceptors (Lipinski definition) is 4. The van der Waals surface area contributed by atoms with E-state index in [4.69, 9.17) is 0 Å². The number of carbonyl (C=O) groups is 1. The highest BCUT2D eigenvalue weighted by atomic mass is 16.1. The predicted octanol–water partition coefficient (Wildman–Crippen LogP) is 1.68. The van der Waals surface area contributed by atoms with Crippen LogP contribution in [-0.4, -0.2) is 28.5 Å². The Morgan fingerprint density at radius 3 is 2.89 bits per heavy atom. The van der Waals surface area contributed by atoms with Crippen LogP contribution in [0, 0.1) is 0 Å². The molecular weight excluding hydrogens is 240 g/mol. The first-order valence-electron chi connectivity index (χ1n) is 7.03. The minimum absolute atomic E-state index is 0.0745. The van der Waals surface area contributed by atoms with Gasteiger partial charge in [0.2, 0.25) is 5.91 Å². The van der Waals surface area contributed by atoms with E-state index in [0.717, 1.165) is 24.4 Å². The van der Waals surface area contributed by atoms with Gasteiger partial charge < -0.3 is 10.6 Å². The van der Waals surface area contributed by atoms with Crippen LogP contribution in [0.5, 0.6) is 0 Å². The molecule has 5 nitrogen and oxygen atoms in total. The molecule has 1 aliphatic rings. The van der Waals surface area contributed by atoms with Crippen LogP contribution < -0.4 is 10.6 Å². The molecule has 19 heavy (non-hydrogen) atoms. The second-order valence-corrected chi connectivity index (χ2v) is 5.25. The molecule has 0 unspecified atom stereocenters. The average Bonchev–Trinajstić information content (AvgIpc) is 2.38. The SMILES string of the molecule is CC(C)NC(=O)CCNc1ncnc2c1CCCC2. The van der Waals surface area contributed by atoms with E-state index in [1.54, 1.807) is 6.33 Å². The summed E-state index contributed by atoms with van der Waals surface area (Å²) in [5, 5.41) is 6.14. The first kappa shape index (κ1) is 13.8. The summed E-state index contributed by atoms with van der Waals surface area (Å²) in [5.74, 6) is 0.979. The average molecular weight is 262 g/mol. The molecule has 0 spiro atoms. The number of hydrogen-bond donors (Lipinski definition) is 2. The van der Waals surface area contributed by atoms with E-state index in [-0.39, 0.29) is 11.9 Å². The Bertz CT molecular complexity index is 445. The first-order valence-corrected chi connectivity index (χ1v) is 7.03.